The first kappa shape index (κ1) is 18.2. The van der Waals surface area contributed by atoms with E-state index in [0.717, 1.165) is 17.5 Å². The Balaban J connectivity index is 1.81. The van der Waals surface area contributed by atoms with Gasteiger partial charge >= 0.3 is 6.18 Å². The molecule has 4 nitrogen and oxygen atoms in total. The summed E-state index contributed by atoms with van der Waals surface area (Å²) in [5.74, 6) is 0.232. The molecule has 0 fully saturated rings. The van der Waals surface area contributed by atoms with Crippen LogP contribution in [0.3, 0.4) is 0 Å². The summed E-state index contributed by atoms with van der Waals surface area (Å²) in [6, 6.07) is 19.4. The first-order valence-electron chi connectivity index (χ1n) is 9.16. The first-order valence-corrected chi connectivity index (χ1v) is 9.16. The minimum atomic E-state index is -4.44. The summed E-state index contributed by atoms with van der Waals surface area (Å²) < 4.78 is 39.2. The molecule has 0 aliphatic carbocycles. The molecule has 30 heavy (non-hydrogen) atoms. The number of aromatic hydroxyl groups is 1. The molecule has 3 aromatic carbocycles. The number of nitrogens with zero attached hydrogens (tertiary/aromatic N) is 2. The van der Waals surface area contributed by atoms with Gasteiger partial charge in [-0.15, -0.1) is 0 Å². The molecule has 2 N–H and O–H groups in total. The number of rotatable bonds is 2. The monoisotopic (exact) mass is 405 g/mol. The zero-order chi connectivity index (χ0) is 20.9. The van der Waals surface area contributed by atoms with Crippen molar-refractivity contribution in [2.75, 3.05) is 0 Å². The lowest BCUT2D eigenvalue weighted by molar-refractivity contribution is -0.137. The van der Waals surface area contributed by atoms with Gasteiger partial charge in [-0.25, -0.2) is 9.98 Å². The van der Waals surface area contributed by atoms with Crippen LogP contribution in [0, 0.1) is 0 Å². The van der Waals surface area contributed by atoms with Crippen molar-refractivity contribution in [3.63, 3.8) is 0 Å². The van der Waals surface area contributed by atoms with E-state index in [1.165, 1.54) is 12.1 Å². The minimum absolute atomic E-state index is 0.0973. The minimum Gasteiger partial charge on any atom is -0.494 e. The average Bonchev–Trinajstić information content (AvgIpc) is 3.29. The van der Waals surface area contributed by atoms with Crippen LogP contribution in [0.5, 0.6) is 5.88 Å². The van der Waals surface area contributed by atoms with Crippen molar-refractivity contribution in [1.82, 2.24) is 4.98 Å². The molecule has 0 amide bonds. The Morgan fingerprint density at radius 3 is 2.03 bits per heavy atom. The third kappa shape index (κ3) is 2.95. The van der Waals surface area contributed by atoms with Crippen molar-refractivity contribution in [1.29, 1.82) is 0 Å². The molecule has 1 aromatic heterocycles. The molecule has 1 aliphatic heterocycles. The SMILES string of the molecule is Oc1[nH]c2ccccc2c1C(=C1N=c2ccccc2=N1)c1ccc(C(F)(F)F)cc1. The van der Waals surface area contributed by atoms with Gasteiger partial charge in [0.15, 0.2) is 11.7 Å². The smallest absolute Gasteiger partial charge is 0.416 e. The number of aromatic nitrogens is 1. The van der Waals surface area contributed by atoms with Crippen LogP contribution in [0.25, 0.3) is 16.5 Å². The second kappa shape index (κ2) is 6.59. The van der Waals surface area contributed by atoms with Crippen molar-refractivity contribution < 1.29 is 18.3 Å². The highest BCUT2D eigenvalue weighted by molar-refractivity contribution is 6.00. The lowest BCUT2D eigenvalue weighted by Crippen LogP contribution is -2.19. The maximum atomic E-state index is 13.1. The zero-order valence-corrected chi connectivity index (χ0v) is 15.4. The van der Waals surface area contributed by atoms with Crippen molar-refractivity contribution in [2.24, 2.45) is 9.98 Å². The molecule has 0 atom stereocenters. The van der Waals surface area contributed by atoms with Crippen LogP contribution in [0.15, 0.2) is 88.6 Å². The summed E-state index contributed by atoms with van der Waals surface area (Å²) in [6.45, 7) is 0. The van der Waals surface area contributed by atoms with Gasteiger partial charge in [0.05, 0.1) is 21.8 Å². The van der Waals surface area contributed by atoms with Gasteiger partial charge in [0, 0.05) is 16.5 Å². The summed E-state index contributed by atoms with van der Waals surface area (Å²) in [7, 11) is 0. The van der Waals surface area contributed by atoms with E-state index >= 15 is 0 Å². The number of nitrogens with one attached hydrogen (secondary N) is 1. The third-order valence-corrected chi connectivity index (χ3v) is 5.00. The van der Waals surface area contributed by atoms with E-state index in [9.17, 15) is 18.3 Å². The number of para-hydroxylation sites is 3. The summed E-state index contributed by atoms with van der Waals surface area (Å²) in [4.78, 5) is 12.1. The van der Waals surface area contributed by atoms with Crippen LogP contribution in [-0.2, 0) is 6.18 Å². The molecular formula is C23H14F3N3O. The van der Waals surface area contributed by atoms with Crippen molar-refractivity contribution >= 4 is 16.5 Å². The van der Waals surface area contributed by atoms with E-state index in [-0.39, 0.29) is 5.88 Å². The maximum Gasteiger partial charge on any atom is 0.416 e. The summed E-state index contributed by atoms with van der Waals surface area (Å²) in [5.41, 5.74) is 1.32. The van der Waals surface area contributed by atoms with E-state index in [0.29, 0.717) is 38.8 Å². The highest BCUT2D eigenvalue weighted by atomic mass is 19.4. The van der Waals surface area contributed by atoms with E-state index in [4.69, 9.17) is 0 Å². The number of hydrogen-bond donors (Lipinski definition) is 2. The number of H-pyrrole nitrogens is 1. The molecule has 0 bridgehead atoms. The molecule has 5 rings (SSSR count). The Hall–Kier alpha value is -3.87. The number of alkyl halides is 3. The second-order valence-corrected chi connectivity index (χ2v) is 6.88. The Labute approximate surface area is 168 Å². The summed E-state index contributed by atoms with van der Waals surface area (Å²) >= 11 is 0. The van der Waals surface area contributed by atoms with E-state index in [1.54, 1.807) is 0 Å². The molecule has 2 heterocycles. The Bertz CT molecular complexity index is 1390. The normalized spacial score (nSPS) is 13.1. The zero-order valence-electron chi connectivity index (χ0n) is 15.4. The molecule has 0 saturated heterocycles. The van der Waals surface area contributed by atoms with Gasteiger partial charge in [0.2, 0.25) is 0 Å². The highest BCUT2D eigenvalue weighted by Gasteiger charge is 2.30. The van der Waals surface area contributed by atoms with Gasteiger partial charge in [0.1, 0.15) is 0 Å². The average molecular weight is 405 g/mol. The molecule has 4 aromatic rings. The van der Waals surface area contributed by atoms with E-state index in [2.05, 4.69) is 15.0 Å². The highest BCUT2D eigenvalue weighted by Crippen LogP contribution is 2.40. The fraction of sp³-hybridized carbons (Fsp3) is 0.0435. The van der Waals surface area contributed by atoms with Gasteiger partial charge in [-0.2, -0.15) is 13.2 Å². The number of benzene rings is 3. The van der Waals surface area contributed by atoms with Gasteiger partial charge in [-0.1, -0.05) is 42.5 Å². The molecule has 0 spiro atoms. The Morgan fingerprint density at radius 2 is 1.40 bits per heavy atom. The topological polar surface area (TPSA) is 60.7 Å². The molecule has 1 aliphatic rings. The van der Waals surface area contributed by atoms with Crippen molar-refractivity contribution in [3.8, 4) is 5.88 Å². The predicted octanol–water partition coefficient (Wildman–Crippen LogP) is 4.56. The summed E-state index contributed by atoms with van der Waals surface area (Å²) in [6.07, 6.45) is -4.44. The molecule has 0 saturated carbocycles. The lowest BCUT2D eigenvalue weighted by Gasteiger charge is -2.12. The fourth-order valence-corrected chi connectivity index (χ4v) is 3.61. The quantitative estimate of drug-likeness (QED) is 0.505. The van der Waals surface area contributed by atoms with Crippen LogP contribution >= 0.6 is 0 Å². The lowest BCUT2D eigenvalue weighted by atomic mass is 9.96. The number of halogens is 3. The summed E-state index contributed by atoms with van der Waals surface area (Å²) in [5, 5.41) is 12.7. The van der Waals surface area contributed by atoms with E-state index < -0.39 is 11.7 Å². The number of fused-ring (bicyclic) bond motifs is 2. The van der Waals surface area contributed by atoms with E-state index in [1.807, 2.05) is 48.5 Å². The Kier molecular flexibility index (Phi) is 3.99. The van der Waals surface area contributed by atoms with Crippen LogP contribution in [0.1, 0.15) is 16.7 Å². The molecule has 148 valence electrons. The second-order valence-electron chi connectivity index (χ2n) is 6.88. The molecule has 0 radical (unpaired) electrons. The van der Waals surface area contributed by atoms with Gasteiger partial charge in [-0.05, 0) is 35.9 Å². The molecular weight excluding hydrogens is 391 g/mol. The number of hydrogen-bond acceptors (Lipinski definition) is 3. The van der Waals surface area contributed by atoms with Gasteiger partial charge in [-0.3, -0.25) is 0 Å². The van der Waals surface area contributed by atoms with Crippen molar-refractivity contribution in [2.45, 2.75) is 6.18 Å². The molecule has 0 unspecified atom stereocenters. The maximum absolute atomic E-state index is 13.1. The van der Waals surface area contributed by atoms with Crippen LogP contribution in [0.4, 0.5) is 13.2 Å². The van der Waals surface area contributed by atoms with Gasteiger partial charge < -0.3 is 10.1 Å². The van der Waals surface area contributed by atoms with Crippen LogP contribution < -0.4 is 10.7 Å². The predicted molar refractivity (Wildman–Crippen MR) is 106 cm³/mol. The fourth-order valence-electron chi connectivity index (χ4n) is 3.61. The van der Waals surface area contributed by atoms with Crippen LogP contribution in [0.2, 0.25) is 0 Å². The number of aromatic amines is 1. The van der Waals surface area contributed by atoms with Crippen LogP contribution in [-0.4, -0.2) is 10.1 Å². The third-order valence-electron chi connectivity index (χ3n) is 5.00. The Morgan fingerprint density at radius 1 is 0.800 bits per heavy atom. The largest absolute Gasteiger partial charge is 0.494 e. The first-order chi connectivity index (χ1) is 14.4. The van der Waals surface area contributed by atoms with Gasteiger partial charge in [0.25, 0.3) is 0 Å². The van der Waals surface area contributed by atoms with Crippen molar-refractivity contribution in [3.05, 3.63) is 106 Å². The molecule has 7 heteroatoms. The standard InChI is InChI=1S/C23H14F3N3O/c24-23(25,26)14-11-9-13(10-12-14)19(21-27-17-7-3-4-8-18(17)28-21)20-15-5-1-2-6-16(15)29-22(20)30/h1-12,29-30H.